The monoisotopic (exact) mass is 290 g/mol. The lowest BCUT2D eigenvalue weighted by molar-refractivity contribution is 0.0693. The minimum absolute atomic E-state index is 0.174. The van der Waals surface area contributed by atoms with Gasteiger partial charge in [0.15, 0.2) is 0 Å². The van der Waals surface area contributed by atoms with Crippen LogP contribution >= 0.6 is 23.4 Å². The van der Waals surface area contributed by atoms with Crippen molar-refractivity contribution in [2.75, 3.05) is 0 Å². The first-order valence-electron chi connectivity index (χ1n) is 5.18. The highest BCUT2D eigenvalue weighted by atomic mass is 35.5. The lowest BCUT2D eigenvalue weighted by Gasteiger charge is -2.06. The fourth-order valence-electron chi connectivity index (χ4n) is 1.42. The molecule has 1 heterocycles. The molecular formula is C13H7ClN2O2S. The van der Waals surface area contributed by atoms with Crippen LogP contribution in [-0.4, -0.2) is 16.1 Å². The number of rotatable bonds is 3. The molecule has 2 aromatic rings. The Hall–Kier alpha value is -2.03. The molecule has 4 nitrogen and oxygen atoms in total. The van der Waals surface area contributed by atoms with E-state index in [0.717, 1.165) is 11.8 Å². The first-order valence-corrected chi connectivity index (χ1v) is 6.37. The summed E-state index contributed by atoms with van der Waals surface area (Å²) >= 11 is 7.16. The van der Waals surface area contributed by atoms with Gasteiger partial charge in [0.1, 0.15) is 11.1 Å². The number of carboxylic acids is 1. The Labute approximate surface area is 118 Å². The van der Waals surface area contributed by atoms with Crippen LogP contribution in [0.15, 0.2) is 46.5 Å². The Bertz CT molecular complexity index is 683. The minimum atomic E-state index is -1.02. The van der Waals surface area contributed by atoms with Gasteiger partial charge in [0.05, 0.1) is 16.1 Å². The lowest BCUT2D eigenvalue weighted by atomic mass is 10.2. The number of carboxylic acid groups (broad SMARTS) is 1. The summed E-state index contributed by atoms with van der Waals surface area (Å²) in [5.74, 6) is -1.02. The number of aromatic carboxylic acids is 1. The van der Waals surface area contributed by atoms with Crippen molar-refractivity contribution in [3.05, 3.63) is 52.7 Å². The molecule has 0 aliphatic heterocycles. The van der Waals surface area contributed by atoms with Gasteiger partial charge in [-0.3, -0.25) is 0 Å². The Morgan fingerprint density at radius 2 is 2.11 bits per heavy atom. The molecule has 0 atom stereocenters. The van der Waals surface area contributed by atoms with Gasteiger partial charge in [-0.05, 0) is 18.2 Å². The smallest absolute Gasteiger partial charge is 0.336 e. The molecule has 94 valence electrons. The highest BCUT2D eigenvalue weighted by molar-refractivity contribution is 7.99. The van der Waals surface area contributed by atoms with E-state index in [0.29, 0.717) is 15.5 Å². The molecule has 0 saturated carbocycles. The van der Waals surface area contributed by atoms with Crippen molar-refractivity contribution >= 4 is 29.3 Å². The molecule has 0 amide bonds. The second-order valence-corrected chi connectivity index (χ2v) is 4.90. The largest absolute Gasteiger partial charge is 0.478 e. The van der Waals surface area contributed by atoms with Gasteiger partial charge in [-0.1, -0.05) is 35.5 Å². The number of hydrogen-bond donors (Lipinski definition) is 1. The third-order valence-electron chi connectivity index (χ3n) is 2.30. The molecular weight excluding hydrogens is 284 g/mol. The Morgan fingerprint density at radius 3 is 2.79 bits per heavy atom. The van der Waals surface area contributed by atoms with Gasteiger partial charge in [-0.2, -0.15) is 5.26 Å². The highest BCUT2D eigenvalue weighted by Crippen LogP contribution is 2.34. The lowest BCUT2D eigenvalue weighted by Crippen LogP contribution is -1.98. The van der Waals surface area contributed by atoms with E-state index >= 15 is 0 Å². The summed E-state index contributed by atoms with van der Waals surface area (Å²) in [5, 5.41) is 18.6. The van der Waals surface area contributed by atoms with E-state index in [1.165, 1.54) is 18.3 Å². The van der Waals surface area contributed by atoms with Gasteiger partial charge in [0.25, 0.3) is 0 Å². The summed E-state index contributed by atoms with van der Waals surface area (Å²) in [5.41, 5.74) is 0.486. The molecule has 1 aromatic carbocycles. The SMILES string of the molecule is N#Cc1ccnc(Sc2ccccc2C(=O)O)c1Cl. The van der Waals surface area contributed by atoms with Crippen LogP contribution in [0.2, 0.25) is 5.02 Å². The Morgan fingerprint density at radius 1 is 1.37 bits per heavy atom. The van der Waals surface area contributed by atoms with Crippen LogP contribution in [0.3, 0.4) is 0 Å². The van der Waals surface area contributed by atoms with Crippen LogP contribution in [0.5, 0.6) is 0 Å². The van der Waals surface area contributed by atoms with E-state index in [9.17, 15) is 4.79 Å². The van der Waals surface area contributed by atoms with Crippen LogP contribution < -0.4 is 0 Å². The van der Waals surface area contributed by atoms with Gasteiger partial charge in [-0.15, -0.1) is 0 Å². The maximum absolute atomic E-state index is 11.1. The molecule has 0 aliphatic carbocycles. The van der Waals surface area contributed by atoms with Gasteiger partial charge in [0, 0.05) is 11.1 Å². The van der Waals surface area contributed by atoms with E-state index in [2.05, 4.69) is 4.98 Å². The molecule has 1 aromatic heterocycles. The zero-order valence-electron chi connectivity index (χ0n) is 9.50. The topological polar surface area (TPSA) is 74.0 Å². The van der Waals surface area contributed by atoms with E-state index in [-0.39, 0.29) is 10.6 Å². The first kappa shape index (κ1) is 13.4. The molecule has 19 heavy (non-hydrogen) atoms. The molecule has 6 heteroatoms. The summed E-state index contributed by atoms with van der Waals surface area (Å²) in [6, 6.07) is 10.0. The summed E-state index contributed by atoms with van der Waals surface area (Å²) in [6.45, 7) is 0. The zero-order chi connectivity index (χ0) is 13.8. The molecule has 0 saturated heterocycles. The van der Waals surface area contributed by atoms with E-state index < -0.39 is 5.97 Å². The van der Waals surface area contributed by atoms with Crippen LogP contribution in [0.4, 0.5) is 0 Å². The van der Waals surface area contributed by atoms with Gasteiger partial charge >= 0.3 is 5.97 Å². The van der Waals surface area contributed by atoms with Crippen LogP contribution in [0, 0.1) is 11.3 Å². The highest BCUT2D eigenvalue weighted by Gasteiger charge is 2.14. The first-order chi connectivity index (χ1) is 9.13. The fraction of sp³-hybridized carbons (Fsp3) is 0. The standard InChI is InChI=1S/C13H7ClN2O2S/c14-11-8(7-15)5-6-16-12(11)19-10-4-2-1-3-9(10)13(17)18/h1-6H,(H,17,18). The van der Waals surface area contributed by atoms with Gasteiger partial charge in [0.2, 0.25) is 0 Å². The van der Waals surface area contributed by atoms with Crippen molar-refractivity contribution in [3.63, 3.8) is 0 Å². The Kier molecular flexibility index (Phi) is 4.05. The zero-order valence-corrected chi connectivity index (χ0v) is 11.1. The predicted octanol–water partition coefficient (Wildman–Crippen LogP) is 3.46. The molecule has 0 aliphatic rings. The summed E-state index contributed by atoms with van der Waals surface area (Å²) < 4.78 is 0. The van der Waals surface area contributed by atoms with Crippen molar-refractivity contribution in [2.24, 2.45) is 0 Å². The second-order valence-electron chi connectivity index (χ2n) is 3.49. The van der Waals surface area contributed by atoms with Crippen molar-refractivity contribution in [2.45, 2.75) is 9.92 Å². The Balaban J connectivity index is 2.43. The minimum Gasteiger partial charge on any atom is -0.478 e. The van der Waals surface area contributed by atoms with E-state index in [4.69, 9.17) is 22.0 Å². The van der Waals surface area contributed by atoms with Crippen molar-refractivity contribution in [1.82, 2.24) is 4.98 Å². The fourth-order valence-corrected chi connectivity index (χ4v) is 2.62. The number of benzene rings is 1. The molecule has 2 rings (SSSR count). The number of nitriles is 1. The number of carbonyl (C=O) groups is 1. The van der Waals surface area contributed by atoms with Crippen LogP contribution in [-0.2, 0) is 0 Å². The van der Waals surface area contributed by atoms with E-state index in [1.807, 2.05) is 6.07 Å². The molecule has 0 fully saturated rings. The second kappa shape index (κ2) is 5.74. The quantitative estimate of drug-likeness (QED) is 0.937. The van der Waals surface area contributed by atoms with Crippen molar-refractivity contribution in [1.29, 1.82) is 5.26 Å². The molecule has 0 unspecified atom stereocenters. The predicted molar refractivity (Wildman–Crippen MR) is 71.5 cm³/mol. The number of halogens is 1. The number of aromatic nitrogens is 1. The molecule has 0 radical (unpaired) electrons. The maximum Gasteiger partial charge on any atom is 0.336 e. The summed E-state index contributed by atoms with van der Waals surface area (Å²) in [6.07, 6.45) is 1.47. The molecule has 0 spiro atoms. The van der Waals surface area contributed by atoms with Gasteiger partial charge in [-0.25, -0.2) is 9.78 Å². The number of nitrogens with zero attached hydrogens (tertiary/aromatic N) is 2. The van der Waals surface area contributed by atoms with Crippen LogP contribution in [0.1, 0.15) is 15.9 Å². The molecule has 1 N–H and O–H groups in total. The normalized spacial score (nSPS) is 9.89. The third kappa shape index (κ3) is 2.87. The molecule has 0 bridgehead atoms. The third-order valence-corrected chi connectivity index (χ3v) is 3.88. The average molecular weight is 291 g/mol. The van der Waals surface area contributed by atoms with Gasteiger partial charge < -0.3 is 5.11 Å². The van der Waals surface area contributed by atoms with Crippen molar-refractivity contribution < 1.29 is 9.90 Å². The average Bonchev–Trinajstić information content (AvgIpc) is 2.41. The van der Waals surface area contributed by atoms with Crippen molar-refractivity contribution in [3.8, 4) is 6.07 Å². The summed E-state index contributed by atoms with van der Waals surface area (Å²) in [4.78, 5) is 15.7. The maximum atomic E-state index is 11.1. The number of hydrogen-bond acceptors (Lipinski definition) is 4. The summed E-state index contributed by atoms with van der Waals surface area (Å²) in [7, 11) is 0. The number of pyridine rings is 1. The van der Waals surface area contributed by atoms with Crippen LogP contribution in [0.25, 0.3) is 0 Å². The van der Waals surface area contributed by atoms with E-state index in [1.54, 1.807) is 18.2 Å².